The molecule has 2 aromatic rings. The van der Waals surface area contributed by atoms with Crippen molar-refractivity contribution in [1.82, 2.24) is 9.80 Å². The molecule has 0 bridgehead atoms. The summed E-state index contributed by atoms with van der Waals surface area (Å²) in [7, 11) is 1.77. The number of hydrogen-bond donors (Lipinski definition) is 0. The molecule has 3 rings (SSSR count). The van der Waals surface area contributed by atoms with E-state index >= 15 is 0 Å². The quantitative estimate of drug-likeness (QED) is 0.781. The Kier molecular flexibility index (Phi) is 6.34. The van der Waals surface area contributed by atoms with Gasteiger partial charge in [-0.1, -0.05) is 35.9 Å². The fourth-order valence-corrected chi connectivity index (χ4v) is 3.78. The first kappa shape index (κ1) is 19.6. The smallest absolute Gasteiger partial charge is 0.239 e. The third-order valence-corrected chi connectivity index (χ3v) is 5.42. The molecule has 1 aliphatic heterocycles. The van der Waals surface area contributed by atoms with Crippen molar-refractivity contribution >= 4 is 23.2 Å². The molecule has 144 valence electrons. The maximum Gasteiger partial charge on any atom is 0.239 e. The Hall–Kier alpha value is -2.11. The number of anilines is 1. The molecule has 1 aliphatic rings. The van der Waals surface area contributed by atoms with Crippen LogP contribution in [0.4, 0.5) is 10.1 Å². The van der Waals surface area contributed by atoms with Crippen LogP contribution in [0.3, 0.4) is 0 Å². The van der Waals surface area contributed by atoms with Crippen LogP contribution in [0.5, 0.6) is 0 Å². The van der Waals surface area contributed by atoms with Crippen LogP contribution in [-0.2, 0) is 11.3 Å². The SMILES string of the molecule is C[C@@H](C(=O)N(C)Cc1cccc(F)c1)N1CCN(c2ccccc2Cl)CC1. The van der Waals surface area contributed by atoms with Crippen molar-refractivity contribution in [2.75, 3.05) is 38.1 Å². The lowest BCUT2D eigenvalue weighted by Gasteiger charge is -2.39. The van der Waals surface area contributed by atoms with Crippen molar-refractivity contribution in [3.05, 3.63) is 64.9 Å². The summed E-state index contributed by atoms with van der Waals surface area (Å²) in [6.07, 6.45) is 0. The molecule has 0 aromatic heterocycles. The maximum absolute atomic E-state index is 13.3. The molecule has 0 aliphatic carbocycles. The number of piperazine rings is 1. The van der Waals surface area contributed by atoms with Gasteiger partial charge in [-0.3, -0.25) is 9.69 Å². The number of amides is 1. The van der Waals surface area contributed by atoms with Gasteiger partial charge in [-0.2, -0.15) is 0 Å². The second kappa shape index (κ2) is 8.72. The number of nitrogens with zero attached hydrogens (tertiary/aromatic N) is 3. The van der Waals surface area contributed by atoms with Gasteiger partial charge < -0.3 is 9.80 Å². The largest absolute Gasteiger partial charge is 0.368 e. The summed E-state index contributed by atoms with van der Waals surface area (Å²) in [4.78, 5) is 18.9. The van der Waals surface area contributed by atoms with Crippen LogP contribution in [0.1, 0.15) is 12.5 Å². The zero-order valence-corrected chi connectivity index (χ0v) is 16.5. The number of halogens is 2. The van der Waals surface area contributed by atoms with Crippen molar-refractivity contribution in [2.45, 2.75) is 19.5 Å². The average Bonchev–Trinajstić information content (AvgIpc) is 2.67. The summed E-state index contributed by atoms with van der Waals surface area (Å²) in [5.74, 6) is -0.234. The number of para-hydroxylation sites is 1. The second-order valence-corrected chi connectivity index (χ2v) is 7.38. The van der Waals surface area contributed by atoms with E-state index in [4.69, 9.17) is 11.6 Å². The monoisotopic (exact) mass is 389 g/mol. The fraction of sp³-hybridized carbons (Fsp3) is 0.381. The molecular formula is C21H25ClFN3O. The lowest BCUT2D eigenvalue weighted by atomic mass is 10.1. The minimum absolute atomic E-state index is 0.0467. The number of carbonyl (C=O) groups excluding carboxylic acids is 1. The van der Waals surface area contributed by atoms with Crippen LogP contribution in [0.2, 0.25) is 5.02 Å². The van der Waals surface area contributed by atoms with Crippen molar-refractivity contribution < 1.29 is 9.18 Å². The van der Waals surface area contributed by atoms with E-state index in [-0.39, 0.29) is 17.8 Å². The van der Waals surface area contributed by atoms with Crippen LogP contribution in [0.15, 0.2) is 48.5 Å². The third kappa shape index (κ3) is 4.79. The predicted molar refractivity (Wildman–Crippen MR) is 108 cm³/mol. The molecule has 27 heavy (non-hydrogen) atoms. The Labute approximate surface area is 165 Å². The van der Waals surface area contributed by atoms with E-state index in [0.717, 1.165) is 42.5 Å². The second-order valence-electron chi connectivity index (χ2n) is 6.97. The zero-order valence-electron chi connectivity index (χ0n) is 15.7. The molecule has 4 nitrogen and oxygen atoms in total. The van der Waals surface area contributed by atoms with Crippen molar-refractivity contribution in [2.24, 2.45) is 0 Å². The molecule has 6 heteroatoms. The summed E-state index contributed by atoms with van der Waals surface area (Å²) < 4.78 is 13.3. The van der Waals surface area contributed by atoms with Crippen molar-refractivity contribution in [3.8, 4) is 0 Å². The Morgan fingerprint density at radius 2 is 1.85 bits per heavy atom. The average molecular weight is 390 g/mol. The molecular weight excluding hydrogens is 365 g/mol. The normalized spacial score (nSPS) is 16.2. The van der Waals surface area contributed by atoms with Gasteiger partial charge in [0.25, 0.3) is 0 Å². The zero-order chi connectivity index (χ0) is 19.4. The number of carbonyl (C=O) groups is 1. The van der Waals surface area contributed by atoms with E-state index in [0.29, 0.717) is 6.54 Å². The van der Waals surface area contributed by atoms with E-state index < -0.39 is 0 Å². The summed E-state index contributed by atoms with van der Waals surface area (Å²) >= 11 is 6.29. The van der Waals surface area contributed by atoms with Gasteiger partial charge in [-0.25, -0.2) is 4.39 Å². The highest BCUT2D eigenvalue weighted by Crippen LogP contribution is 2.26. The molecule has 0 spiro atoms. The fourth-order valence-electron chi connectivity index (χ4n) is 3.52. The molecule has 0 radical (unpaired) electrons. The maximum atomic E-state index is 13.3. The predicted octanol–water partition coefficient (Wildman–Crippen LogP) is 3.65. The summed E-state index contributed by atoms with van der Waals surface area (Å²) in [6, 6.07) is 14.0. The molecule has 1 amide bonds. The summed E-state index contributed by atoms with van der Waals surface area (Å²) in [5, 5.41) is 0.755. The lowest BCUT2D eigenvalue weighted by Crippen LogP contribution is -2.54. The standard InChI is InChI=1S/C21H25ClFN3O/c1-16(21(27)24(2)15-17-6-5-7-18(23)14-17)25-10-12-26(13-11-25)20-9-4-3-8-19(20)22/h3-9,14,16H,10-13,15H2,1-2H3/t16-/m0/s1. The van der Waals surface area contributed by atoms with Gasteiger partial charge in [-0.05, 0) is 36.8 Å². The topological polar surface area (TPSA) is 26.8 Å². The van der Waals surface area contributed by atoms with Gasteiger partial charge >= 0.3 is 0 Å². The molecule has 1 saturated heterocycles. The highest BCUT2D eigenvalue weighted by Gasteiger charge is 2.28. The van der Waals surface area contributed by atoms with Gasteiger partial charge in [0.2, 0.25) is 5.91 Å². The van der Waals surface area contributed by atoms with Gasteiger partial charge in [0.05, 0.1) is 16.8 Å². The first-order valence-corrected chi connectivity index (χ1v) is 9.56. The Morgan fingerprint density at radius 3 is 2.52 bits per heavy atom. The van der Waals surface area contributed by atoms with E-state index in [1.54, 1.807) is 18.0 Å². The first-order valence-electron chi connectivity index (χ1n) is 9.18. The minimum Gasteiger partial charge on any atom is -0.368 e. The molecule has 1 heterocycles. The van der Waals surface area contributed by atoms with E-state index in [1.165, 1.54) is 12.1 Å². The van der Waals surface area contributed by atoms with Gasteiger partial charge in [0.1, 0.15) is 5.82 Å². The van der Waals surface area contributed by atoms with E-state index in [2.05, 4.69) is 9.80 Å². The van der Waals surface area contributed by atoms with Gasteiger partial charge in [0.15, 0.2) is 0 Å². The Balaban J connectivity index is 1.56. The number of rotatable bonds is 5. The van der Waals surface area contributed by atoms with E-state index in [9.17, 15) is 9.18 Å². The molecule has 0 unspecified atom stereocenters. The Morgan fingerprint density at radius 1 is 1.15 bits per heavy atom. The number of benzene rings is 2. The first-order chi connectivity index (χ1) is 13.0. The van der Waals surface area contributed by atoms with Crippen molar-refractivity contribution in [1.29, 1.82) is 0 Å². The number of likely N-dealkylation sites (N-methyl/N-ethyl adjacent to an activating group) is 1. The minimum atomic E-state index is -0.280. The number of hydrogen-bond acceptors (Lipinski definition) is 3. The summed E-state index contributed by atoms with van der Waals surface area (Å²) in [6.45, 7) is 5.60. The van der Waals surface area contributed by atoms with Gasteiger partial charge in [-0.15, -0.1) is 0 Å². The van der Waals surface area contributed by atoms with Crippen LogP contribution in [0.25, 0.3) is 0 Å². The Bertz CT molecular complexity index is 793. The summed E-state index contributed by atoms with van der Waals surface area (Å²) in [5.41, 5.74) is 1.84. The van der Waals surface area contributed by atoms with Crippen LogP contribution in [0, 0.1) is 5.82 Å². The third-order valence-electron chi connectivity index (χ3n) is 5.10. The van der Waals surface area contributed by atoms with Crippen LogP contribution < -0.4 is 4.90 Å². The molecule has 0 N–H and O–H groups in total. The highest BCUT2D eigenvalue weighted by molar-refractivity contribution is 6.33. The van der Waals surface area contributed by atoms with Crippen LogP contribution in [-0.4, -0.2) is 55.0 Å². The van der Waals surface area contributed by atoms with Gasteiger partial charge in [0, 0.05) is 39.8 Å². The highest BCUT2D eigenvalue weighted by atomic mass is 35.5. The van der Waals surface area contributed by atoms with Crippen molar-refractivity contribution in [3.63, 3.8) is 0 Å². The molecule has 0 saturated carbocycles. The molecule has 2 aromatic carbocycles. The molecule has 1 fully saturated rings. The van der Waals surface area contributed by atoms with E-state index in [1.807, 2.05) is 37.3 Å². The van der Waals surface area contributed by atoms with Crippen LogP contribution >= 0.6 is 11.6 Å². The molecule has 1 atom stereocenters. The lowest BCUT2D eigenvalue weighted by molar-refractivity contribution is -0.135.